The molecule has 0 aliphatic rings. The minimum atomic E-state index is -0.485. The Bertz CT molecular complexity index is 1110. The van der Waals surface area contributed by atoms with E-state index < -0.39 is 4.92 Å². The van der Waals surface area contributed by atoms with E-state index in [1.807, 2.05) is 32.0 Å². The van der Waals surface area contributed by atoms with E-state index in [1.165, 1.54) is 23.1 Å². The van der Waals surface area contributed by atoms with E-state index in [-0.39, 0.29) is 31.1 Å². The van der Waals surface area contributed by atoms with Crippen LogP contribution in [0.25, 0.3) is 11.4 Å². The van der Waals surface area contributed by atoms with Gasteiger partial charge >= 0.3 is 0 Å². The van der Waals surface area contributed by atoms with E-state index in [0.717, 1.165) is 16.8 Å². The Kier molecular flexibility index (Phi) is 6.17. The summed E-state index contributed by atoms with van der Waals surface area (Å²) in [5.74, 6) is 0.0622. The Morgan fingerprint density at radius 3 is 2.63 bits per heavy atom. The molecule has 0 spiro atoms. The molecule has 0 radical (unpaired) electrons. The molecule has 1 aromatic heterocycles. The lowest BCUT2D eigenvalue weighted by Gasteiger charge is -2.22. The van der Waals surface area contributed by atoms with Crippen molar-refractivity contribution in [3.05, 3.63) is 70.0 Å². The van der Waals surface area contributed by atoms with Gasteiger partial charge in [0, 0.05) is 29.9 Å². The molecule has 0 bridgehead atoms. The van der Waals surface area contributed by atoms with Gasteiger partial charge in [0.15, 0.2) is 5.82 Å². The smallest absolute Gasteiger partial charge is 0.270 e. The number of aryl methyl sites for hydroxylation is 2. The molecule has 0 N–H and O–H groups in total. The maximum Gasteiger partial charge on any atom is 0.270 e. The van der Waals surface area contributed by atoms with Crippen LogP contribution in [0.15, 0.2) is 48.8 Å². The maximum absolute atomic E-state index is 13.0. The minimum absolute atomic E-state index is 0.0579. The molecule has 9 nitrogen and oxygen atoms in total. The molecule has 3 rings (SSSR count). The maximum atomic E-state index is 13.0. The van der Waals surface area contributed by atoms with Crippen molar-refractivity contribution < 1.29 is 9.72 Å². The highest BCUT2D eigenvalue weighted by molar-refractivity contribution is 5.93. The molecule has 0 aliphatic carbocycles. The lowest BCUT2D eigenvalue weighted by molar-refractivity contribution is -0.384. The zero-order valence-electron chi connectivity index (χ0n) is 16.6. The number of anilines is 1. The van der Waals surface area contributed by atoms with Crippen LogP contribution in [0.1, 0.15) is 17.5 Å². The fourth-order valence-corrected chi connectivity index (χ4v) is 3.15. The normalized spacial score (nSPS) is 10.4. The third kappa shape index (κ3) is 4.86. The average molecular weight is 404 g/mol. The lowest BCUT2D eigenvalue weighted by atomic mass is 10.1. The van der Waals surface area contributed by atoms with Crippen LogP contribution >= 0.6 is 0 Å². The first kappa shape index (κ1) is 20.7. The van der Waals surface area contributed by atoms with Gasteiger partial charge in [0.2, 0.25) is 5.91 Å². The van der Waals surface area contributed by atoms with E-state index in [0.29, 0.717) is 11.4 Å². The van der Waals surface area contributed by atoms with E-state index in [1.54, 1.807) is 17.0 Å². The van der Waals surface area contributed by atoms with Gasteiger partial charge in [0.05, 0.1) is 17.4 Å². The number of nitriles is 1. The number of hydrogen-bond acceptors (Lipinski definition) is 6. The second kappa shape index (κ2) is 8.96. The number of benzene rings is 2. The van der Waals surface area contributed by atoms with Gasteiger partial charge in [-0.3, -0.25) is 14.9 Å². The number of carbonyl (C=O) groups is 1. The van der Waals surface area contributed by atoms with Gasteiger partial charge in [-0.2, -0.15) is 10.4 Å². The Morgan fingerprint density at radius 2 is 1.97 bits per heavy atom. The van der Waals surface area contributed by atoms with E-state index in [9.17, 15) is 14.9 Å². The topological polar surface area (TPSA) is 118 Å². The van der Waals surface area contributed by atoms with Crippen molar-refractivity contribution in [2.24, 2.45) is 0 Å². The van der Waals surface area contributed by atoms with Crippen molar-refractivity contribution in [3.8, 4) is 17.5 Å². The second-order valence-electron chi connectivity index (χ2n) is 6.87. The monoisotopic (exact) mass is 404 g/mol. The zero-order valence-corrected chi connectivity index (χ0v) is 16.6. The van der Waals surface area contributed by atoms with Crippen LogP contribution in [0.2, 0.25) is 0 Å². The molecule has 0 unspecified atom stereocenters. The summed E-state index contributed by atoms with van der Waals surface area (Å²) in [5.41, 5.74) is 3.21. The highest BCUT2D eigenvalue weighted by atomic mass is 16.6. The number of nitro groups is 1. The van der Waals surface area contributed by atoms with E-state index >= 15 is 0 Å². The fraction of sp³-hybridized carbons (Fsp3) is 0.238. The summed E-state index contributed by atoms with van der Waals surface area (Å²) in [6.07, 6.45) is 1.62. The lowest BCUT2D eigenvalue weighted by Crippen LogP contribution is -2.35. The summed E-state index contributed by atoms with van der Waals surface area (Å²) in [6, 6.07) is 13.9. The van der Waals surface area contributed by atoms with Crippen molar-refractivity contribution >= 4 is 17.3 Å². The Balaban J connectivity index is 1.82. The summed E-state index contributed by atoms with van der Waals surface area (Å²) < 4.78 is 1.39. The average Bonchev–Trinajstić information content (AvgIpc) is 3.16. The molecule has 1 heterocycles. The standard InChI is InChI=1S/C21H20N6O3/c1-15-9-16(2)11-19(10-15)26(8-4-7-22)20(28)13-25-14-23-21(24-25)17-5-3-6-18(12-17)27(29)30/h3,5-6,9-12,14H,4,8,13H2,1-2H3. The van der Waals surface area contributed by atoms with Gasteiger partial charge in [-0.05, 0) is 37.1 Å². The molecule has 9 heteroatoms. The molecule has 152 valence electrons. The molecular weight excluding hydrogens is 384 g/mol. The zero-order chi connectivity index (χ0) is 21.7. The molecule has 0 aliphatic heterocycles. The summed E-state index contributed by atoms with van der Waals surface area (Å²) in [6.45, 7) is 4.10. The molecule has 3 aromatic rings. The van der Waals surface area contributed by atoms with Crippen LogP contribution in [-0.4, -0.2) is 32.1 Å². The molecule has 0 saturated carbocycles. The highest BCUT2D eigenvalue weighted by Gasteiger charge is 2.18. The first-order chi connectivity index (χ1) is 14.4. The summed E-state index contributed by atoms with van der Waals surface area (Å²) in [7, 11) is 0. The van der Waals surface area contributed by atoms with Crippen LogP contribution in [0.4, 0.5) is 11.4 Å². The van der Waals surface area contributed by atoms with Crippen molar-refractivity contribution in [2.75, 3.05) is 11.4 Å². The molecule has 0 fully saturated rings. The number of non-ortho nitro benzene ring substituents is 1. The third-order valence-electron chi connectivity index (χ3n) is 4.42. The van der Waals surface area contributed by atoms with Crippen molar-refractivity contribution in [1.82, 2.24) is 14.8 Å². The summed E-state index contributed by atoms with van der Waals surface area (Å²) >= 11 is 0. The largest absolute Gasteiger partial charge is 0.310 e. The second-order valence-corrected chi connectivity index (χ2v) is 6.87. The number of hydrogen-bond donors (Lipinski definition) is 0. The van der Waals surface area contributed by atoms with Crippen LogP contribution in [-0.2, 0) is 11.3 Å². The molecule has 0 saturated heterocycles. The van der Waals surface area contributed by atoms with E-state index in [4.69, 9.17) is 5.26 Å². The van der Waals surface area contributed by atoms with Gasteiger partial charge in [-0.25, -0.2) is 9.67 Å². The fourth-order valence-electron chi connectivity index (χ4n) is 3.15. The summed E-state index contributed by atoms with van der Waals surface area (Å²) in [5, 5.41) is 24.2. The Labute approximate surface area is 173 Å². The molecular formula is C21H20N6O3. The molecule has 30 heavy (non-hydrogen) atoms. The molecule has 1 amide bonds. The van der Waals surface area contributed by atoms with Crippen molar-refractivity contribution in [2.45, 2.75) is 26.8 Å². The number of rotatable bonds is 7. The van der Waals surface area contributed by atoms with Crippen LogP contribution in [0.5, 0.6) is 0 Å². The van der Waals surface area contributed by atoms with Gasteiger partial charge in [-0.15, -0.1) is 0 Å². The Hall–Kier alpha value is -4.06. The summed E-state index contributed by atoms with van der Waals surface area (Å²) in [4.78, 5) is 29.2. The van der Waals surface area contributed by atoms with Crippen molar-refractivity contribution in [3.63, 3.8) is 0 Å². The first-order valence-electron chi connectivity index (χ1n) is 9.27. The third-order valence-corrected chi connectivity index (χ3v) is 4.42. The molecule has 2 aromatic carbocycles. The van der Waals surface area contributed by atoms with Gasteiger partial charge in [0.1, 0.15) is 12.9 Å². The quantitative estimate of drug-likeness (QED) is 0.440. The number of nitrogens with zero attached hydrogens (tertiary/aromatic N) is 6. The number of amides is 1. The Morgan fingerprint density at radius 1 is 1.23 bits per heavy atom. The van der Waals surface area contributed by atoms with Gasteiger partial charge in [0.25, 0.3) is 5.69 Å². The van der Waals surface area contributed by atoms with Gasteiger partial charge < -0.3 is 4.90 Å². The number of aromatic nitrogens is 3. The van der Waals surface area contributed by atoms with Crippen LogP contribution in [0.3, 0.4) is 0 Å². The van der Waals surface area contributed by atoms with Crippen LogP contribution < -0.4 is 4.90 Å². The number of nitro benzene ring substituents is 1. The predicted octanol–water partition coefficient (Wildman–Crippen LogP) is 3.42. The highest BCUT2D eigenvalue weighted by Crippen LogP contribution is 2.22. The van der Waals surface area contributed by atoms with E-state index in [2.05, 4.69) is 16.2 Å². The first-order valence-corrected chi connectivity index (χ1v) is 9.27. The number of carbonyl (C=O) groups excluding carboxylic acids is 1. The minimum Gasteiger partial charge on any atom is -0.310 e. The SMILES string of the molecule is Cc1cc(C)cc(N(CCC#N)C(=O)Cn2cnc(-c3cccc([N+](=O)[O-])c3)n2)c1. The van der Waals surface area contributed by atoms with Gasteiger partial charge in [-0.1, -0.05) is 18.2 Å². The predicted molar refractivity (Wildman–Crippen MR) is 111 cm³/mol. The van der Waals surface area contributed by atoms with Crippen LogP contribution in [0, 0.1) is 35.3 Å². The molecule has 0 atom stereocenters. The van der Waals surface area contributed by atoms with Crippen molar-refractivity contribution in [1.29, 1.82) is 5.26 Å².